The number of amides is 1. The van der Waals surface area contributed by atoms with Gasteiger partial charge in [0, 0.05) is 24.5 Å². The number of carbonyl (C=O) groups excluding carboxylic acids is 1. The molecule has 0 saturated carbocycles. The van der Waals surface area contributed by atoms with E-state index in [0.717, 1.165) is 36.6 Å². The van der Waals surface area contributed by atoms with Gasteiger partial charge in [0.2, 0.25) is 0 Å². The Kier molecular flexibility index (Phi) is 5.42. The molecule has 1 saturated heterocycles. The van der Waals surface area contributed by atoms with E-state index < -0.39 is 0 Å². The summed E-state index contributed by atoms with van der Waals surface area (Å²) >= 11 is 6.42. The van der Waals surface area contributed by atoms with Gasteiger partial charge in [0.25, 0.3) is 5.91 Å². The van der Waals surface area contributed by atoms with Crippen LogP contribution in [0, 0.1) is 0 Å². The minimum absolute atomic E-state index is 0.00569. The van der Waals surface area contributed by atoms with Crippen LogP contribution in [-0.4, -0.2) is 35.0 Å². The third kappa shape index (κ3) is 3.81. The van der Waals surface area contributed by atoms with Gasteiger partial charge in [-0.3, -0.25) is 15.1 Å². The summed E-state index contributed by atoms with van der Waals surface area (Å²) in [4.78, 5) is 24.1. The molecule has 9 heteroatoms. The molecule has 158 valence electrons. The highest BCUT2D eigenvalue weighted by Gasteiger charge is 2.30. The Morgan fingerprint density at radius 3 is 2.68 bits per heavy atom. The summed E-state index contributed by atoms with van der Waals surface area (Å²) in [5, 5.41) is 5.67. The fourth-order valence-corrected chi connectivity index (χ4v) is 4.18. The van der Waals surface area contributed by atoms with Crippen LogP contribution in [0.2, 0.25) is 5.02 Å². The van der Waals surface area contributed by atoms with Gasteiger partial charge < -0.3 is 5.32 Å². The van der Waals surface area contributed by atoms with Gasteiger partial charge in [-0.2, -0.15) is 0 Å². The zero-order valence-corrected chi connectivity index (χ0v) is 17.5. The summed E-state index contributed by atoms with van der Waals surface area (Å²) in [6, 6.07) is 14.8. The van der Waals surface area contributed by atoms with E-state index in [1.807, 2.05) is 41.4 Å². The Bertz CT molecular complexity index is 1090. The van der Waals surface area contributed by atoms with Crippen molar-refractivity contribution in [2.45, 2.75) is 18.9 Å². The number of halogens is 1. The fourth-order valence-electron chi connectivity index (χ4n) is 3.96. The van der Waals surface area contributed by atoms with Gasteiger partial charge in [-0.1, -0.05) is 11.6 Å². The van der Waals surface area contributed by atoms with Crippen molar-refractivity contribution in [3.63, 3.8) is 0 Å². The number of nitrogens with one attached hydrogen (secondary N) is 3. The van der Waals surface area contributed by atoms with Crippen LogP contribution in [0.3, 0.4) is 0 Å². The van der Waals surface area contributed by atoms with Gasteiger partial charge in [0.15, 0.2) is 11.6 Å². The van der Waals surface area contributed by atoms with Crippen LogP contribution < -0.4 is 26.2 Å². The summed E-state index contributed by atoms with van der Waals surface area (Å²) in [7, 11) is 0. The van der Waals surface area contributed by atoms with E-state index in [9.17, 15) is 4.79 Å². The lowest BCUT2D eigenvalue weighted by Crippen LogP contribution is -2.49. The Balaban J connectivity index is 1.44. The van der Waals surface area contributed by atoms with E-state index in [4.69, 9.17) is 11.6 Å². The number of hydrogen-bond donors (Lipinski definition) is 3. The molecule has 2 aliphatic heterocycles. The molecule has 0 aliphatic carbocycles. The molecule has 1 amide bonds. The number of carbonyl (C=O) groups is 1. The molecule has 1 fully saturated rings. The van der Waals surface area contributed by atoms with Crippen LogP contribution in [0.1, 0.15) is 23.2 Å². The SMILES string of the molecule is O=C(c1ccc(N2NNc3cccnc32)cc1)N(c1ncccc1Cl)[C@@H]1CCCNC1. The molecule has 0 bridgehead atoms. The second kappa shape index (κ2) is 8.50. The maximum atomic E-state index is 13.6. The number of nitrogens with zero attached hydrogens (tertiary/aromatic N) is 4. The molecule has 8 nitrogen and oxygen atoms in total. The number of anilines is 4. The lowest BCUT2D eigenvalue weighted by Gasteiger charge is -2.34. The van der Waals surface area contributed by atoms with Crippen LogP contribution in [0.25, 0.3) is 0 Å². The summed E-state index contributed by atoms with van der Waals surface area (Å²) in [5.41, 5.74) is 8.50. The summed E-state index contributed by atoms with van der Waals surface area (Å²) in [6.07, 6.45) is 5.30. The highest BCUT2D eigenvalue weighted by atomic mass is 35.5. The molecule has 1 atom stereocenters. The molecule has 0 radical (unpaired) electrons. The number of hydrazine groups is 2. The monoisotopic (exact) mass is 435 g/mol. The molecule has 3 N–H and O–H groups in total. The molecule has 4 heterocycles. The van der Waals surface area contributed by atoms with Crippen molar-refractivity contribution in [3.8, 4) is 0 Å². The topological polar surface area (TPSA) is 85.4 Å². The predicted molar refractivity (Wildman–Crippen MR) is 122 cm³/mol. The Morgan fingerprint density at radius 2 is 1.90 bits per heavy atom. The first kappa shape index (κ1) is 19.7. The van der Waals surface area contributed by atoms with Crippen molar-refractivity contribution >= 4 is 40.5 Å². The van der Waals surface area contributed by atoms with Gasteiger partial charge in [-0.05, 0) is 67.9 Å². The molecule has 3 aromatic rings. The van der Waals surface area contributed by atoms with Gasteiger partial charge in [-0.15, -0.1) is 5.53 Å². The second-order valence-corrected chi connectivity index (χ2v) is 7.89. The zero-order chi connectivity index (χ0) is 21.2. The summed E-state index contributed by atoms with van der Waals surface area (Å²) in [5.74, 6) is 1.15. The number of fused-ring (bicyclic) bond motifs is 1. The van der Waals surface area contributed by atoms with Crippen molar-refractivity contribution < 1.29 is 4.79 Å². The lowest BCUT2D eigenvalue weighted by molar-refractivity contribution is 0.0971. The molecule has 31 heavy (non-hydrogen) atoms. The third-order valence-corrected chi connectivity index (χ3v) is 5.79. The summed E-state index contributed by atoms with van der Waals surface area (Å²) in [6.45, 7) is 1.66. The molecule has 5 rings (SSSR count). The first-order valence-electron chi connectivity index (χ1n) is 10.2. The number of hydrogen-bond acceptors (Lipinski definition) is 7. The van der Waals surface area contributed by atoms with E-state index >= 15 is 0 Å². The van der Waals surface area contributed by atoms with Crippen molar-refractivity contribution in [1.29, 1.82) is 0 Å². The molecule has 2 aliphatic rings. The van der Waals surface area contributed by atoms with Gasteiger partial charge in [0.05, 0.1) is 22.4 Å². The molecule has 0 unspecified atom stereocenters. The maximum Gasteiger partial charge on any atom is 0.259 e. The van der Waals surface area contributed by atoms with E-state index in [1.54, 1.807) is 29.4 Å². The van der Waals surface area contributed by atoms with E-state index in [2.05, 4.69) is 26.2 Å². The van der Waals surface area contributed by atoms with Gasteiger partial charge in [0.1, 0.15) is 0 Å². The number of pyridine rings is 2. The molecule has 2 aromatic heterocycles. The van der Waals surface area contributed by atoms with E-state index in [0.29, 0.717) is 22.9 Å². The largest absolute Gasteiger partial charge is 0.315 e. The maximum absolute atomic E-state index is 13.6. The van der Waals surface area contributed by atoms with Crippen LogP contribution in [0.4, 0.5) is 23.0 Å². The lowest BCUT2D eigenvalue weighted by atomic mass is 10.0. The molecular formula is C22H22ClN7O. The number of rotatable bonds is 4. The first-order chi connectivity index (χ1) is 15.2. The van der Waals surface area contributed by atoms with Crippen molar-refractivity contribution in [2.24, 2.45) is 0 Å². The minimum atomic E-state index is -0.119. The highest BCUT2D eigenvalue weighted by molar-refractivity contribution is 6.33. The van der Waals surface area contributed by atoms with Gasteiger partial charge >= 0.3 is 0 Å². The second-order valence-electron chi connectivity index (χ2n) is 7.48. The van der Waals surface area contributed by atoms with Crippen molar-refractivity contribution in [1.82, 2.24) is 20.8 Å². The van der Waals surface area contributed by atoms with Crippen LogP contribution in [0.15, 0.2) is 60.9 Å². The smallest absolute Gasteiger partial charge is 0.259 e. The highest BCUT2D eigenvalue weighted by Crippen LogP contribution is 2.33. The Labute approximate surface area is 185 Å². The van der Waals surface area contributed by atoms with Crippen molar-refractivity contribution in [2.75, 3.05) is 28.4 Å². The number of piperidine rings is 1. The minimum Gasteiger partial charge on any atom is -0.315 e. The van der Waals surface area contributed by atoms with Crippen molar-refractivity contribution in [3.05, 3.63) is 71.5 Å². The average molecular weight is 436 g/mol. The van der Waals surface area contributed by atoms with Crippen LogP contribution >= 0.6 is 11.6 Å². The van der Waals surface area contributed by atoms with Crippen LogP contribution in [-0.2, 0) is 0 Å². The number of aromatic nitrogens is 2. The van der Waals surface area contributed by atoms with E-state index in [-0.39, 0.29) is 11.9 Å². The summed E-state index contributed by atoms with van der Waals surface area (Å²) < 4.78 is 0. The first-order valence-corrected chi connectivity index (χ1v) is 10.6. The number of benzene rings is 1. The normalized spacial score (nSPS) is 17.7. The third-order valence-electron chi connectivity index (χ3n) is 5.50. The average Bonchev–Trinajstić information content (AvgIpc) is 3.25. The van der Waals surface area contributed by atoms with Crippen LogP contribution in [0.5, 0.6) is 0 Å². The van der Waals surface area contributed by atoms with Gasteiger partial charge in [-0.25, -0.2) is 15.0 Å². The van der Waals surface area contributed by atoms with E-state index in [1.165, 1.54) is 0 Å². The standard InChI is InChI=1S/C22H22ClN7O/c23-18-5-2-12-25-20(18)29(17-4-1-11-24-14-17)22(31)15-7-9-16(10-8-15)30-21-19(27-28-30)6-3-13-26-21/h2-3,5-10,12-13,17,24,27-28H,1,4,11,14H2/t17-/m1/s1. The molecular weight excluding hydrogens is 414 g/mol. The predicted octanol–water partition coefficient (Wildman–Crippen LogP) is 3.51. The quantitative estimate of drug-likeness (QED) is 0.578. The molecule has 1 aromatic carbocycles. The Hall–Kier alpha value is -3.20. The molecule has 0 spiro atoms. The zero-order valence-electron chi connectivity index (χ0n) is 16.8. The fraction of sp³-hybridized carbons (Fsp3) is 0.227. The Morgan fingerprint density at radius 1 is 1.10 bits per heavy atom.